The van der Waals surface area contributed by atoms with Gasteiger partial charge in [0.1, 0.15) is 18.4 Å². The molecular formula is C34H35ClFN3O4S. The van der Waals surface area contributed by atoms with Crippen LogP contribution in [-0.2, 0) is 32.6 Å². The second kappa shape index (κ2) is 15.0. The fourth-order valence-electron chi connectivity index (χ4n) is 4.64. The van der Waals surface area contributed by atoms with E-state index in [-0.39, 0.29) is 35.4 Å². The predicted octanol–water partition coefficient (Wildman–Crippen LogP) is 6.09. The van der Waals surface area contributed by atoms with E-state index in [1.54, 1.807) is 36.4 Å². The van der Waals surface area contributed by atoms with Crippen LogP contribution in [0.3, 0.4) is 0 Å². The summed E-state index contributed by atoms with van der Waals surface area (Å²) in [6.45, 7) is 3.65. The van der Waals surface area contributed by atoms with Gasteiger partial charge in [0.15, 0.2) is 0 Å². The van der Waals surface area contributed by atoms with Crippen LogP contribution in [0.5, 0.6) is 0 Å². The van der Waals surface area contributed by atoms with Gasteiger partial charge < -0.3 is 10.2 Å². The number of anilines is 1. The fraction of sp³-hybridized carbons (Fsp3) is 0.235. The van der Waals surface area contributed by atoms with Gasteiger partial charge >= 0.3 is 0 Å². The Morgan fingerprint density at radius 2 is 1.48 bits per heavy atom. The third kappa shape index (κ3) is 8.67. The average molecular weight is 636 g/mol. The highest BCUT2D eigenvalue weighted by atomic mass is 35.5. The molecule has 1 N–H and O–H groups in total. The van der Waals surface area contributed by atoms with Crippen molar-refractivity contribution in [3.63, 3.8) is 0 Å². The first-order valence-electron chi connectivity index (χ1n) is 14.2. The molecule has 0 aliphatic rings. The van der Waals surface area contributed by atoms with Crippen LogP contribution >= 0.6 is 11.6 Å². The largest absolute Gasteiger partial charge is 0.354 e. The van der Waals surface area contributed by atoms with E-state index in [4.69, 9.17) is 11.6 Å². The van der Waals surface area contributed by atoms with Crippen molar-refractivity contribution in [2.24, 2.45) is 5.92 Å². The molecule has 10 heteroatoms. The van der Waals surface area contributed by atoms with E-state index in [1.807, 2.05) is 44.2 Å². The molecular weight excluding hydrogens is 601 g/mol. The lowest BCUT2D eigenvalue weighted by molar-refractivity contribution is -0.140. The van der Waals surface area contributed by atoms with E-state index in [9.17, 15) is 22.4 Å². The molecule has 0 aliphatic heterocycles. The first-order valence-corrected chi connectivity index (χ1v) is 16.1. The Morgan fingerprint density at radius 1 is 0.841 bits per heavy atom. The number of benzene rings is 4. The van der Waals surface area contributed by atoms with Crippen molar-refractivity contribution in [2.75, 3.05) is 17.4 Å². The average Bonchev–Trinajstić information content (AvgIpc) is 3.02. The number of amides is 2. The van der Waals surface area contributed by atoms with E-state index >= 15 is 0 Å². The maximum absolute atomic E-state index is 14.4. The second-order valence-corrected chi connectivity index (χ2v) is 13.1. The number of hydrogen-bond donors (Lipinski definition) is 1. The third-order valence-electron chi connectivity index (χ3n) is 6.93. The van der Waals surface area contributed by atoms with Gasteiger partial charge in [-0.1, -0.05) is 92.2 Å². The number of rotatable bonds is 13. The molecule has 0 unspecified atom stereocenters. The monoisotopic (exact) mass is 635 g/mol. The number of carbonyl (C=O) groups is 2. The highest BCUT2D eigenvalue weighted by molar-refractivity contribution is 7.92. The standard InChI is InChI=1S/C34H35ClFN3O4S/c1-25(2)22-37-34(41)32(20-26-10-5-3-6-11-26)38(23-27-16-18-29(36)19-17-27)33(40)24-39(30-13-9-12-28(35)21-30)44(42,43)31-14-7-4-8-15-31/h3-19,21,25,32H,20,22-24H2,1-2H3,(H,37,41)/t32-/m1/s1. The number of carbonyl (C=O) groups excluding carboxylic acids is 2. The molecule has 0 heterocycles. The van der Waals surface area contributed by atoms with E-state index in [0.717, 1.165) is 9.87 Å². The quantitative estimate of drug-likeness (QED) is 0.193. The zero-order valence-electron chi connectivity index (χ0n) is 24.6. The minimum atomic E-state index is -4.23. The highest BCUT2D eigenvalue weighted by Crippen LogP contribution is 2.27. The van der Waals surface area contributed by atoms with Crippen LogP contribution in [0.15, 0.2) is 114 Å². The fourth-order valence-corrected chi connectivity index (χ4v) is 6.25. The Balaban J connectivity index is 1.79. The second-order valence-electron chi connectivity index (χ2n) is 10.8. The molecule has 0 aromatic heterocycles. The molecule has 44 heavy (non-hydrogen) atoms. The third-order valence-corrected chi connectivity index (χ3v) is 8.95. The summed E-state index contributed by atoms with van der Waals surface area (Å²) < 4.78 is 42.7. The lowest BCUT2D eigenvalue weighted by Crippen LogP contribution is -2.53. The maximum atomic E-state index is 14.4. The lowest BCUT2D eigenvalue weighted by atomic mass is 10.0. The Kier molecular flexibility index (Phi) is 11.1. The molecule has 1 atom stereocenters. The summed E-state index contributed by atoms with van der Waals surface area (Å²) in [5, 5.41) is 3.23. The van der Waals surface area contributed by atoms with Crippen LogP contribution in [0.1, 0.15) is 25.0 Å². The summed E-state index contributed by atoms with van der Waals surface area (Å²) in [4.78, 5) is 29.5. The molecule has 0 spiro atoms. The van der Waals surface area contributed by atoms with Gasteiger partial charge in [0.05, 0.1) is 10.6 Å². The molecule has 0 radical (unpaired) electrons. The van der Waals surface area contributed by atoms with Crippen molar-refractivity contribution in [1.29, 1.82) is 0 Å². The van der Waals surface area contributed by atoms with Gasteiger partial charge in [0, 0.05) is 24.5 Å². The SMILES string of the molecule is CC(C)CNC(=O)[C@@H](Cc1ccccc1)N(Cc1ccc(F)cc1)C(=O)CN(c1cccc(Cl)c1)S(=O)(=O)c1ccccc1. The molecule has 0 bridgehead atoms. The summed E-state index contributed by atoms with van der Waals surface area (Å²) in [6, 6.07) is 27.9. The van der Waals surface area contributed by atoms with Crippen LogP contribution in [0.4, 0.5) is 10.1 Å². The molecule has 0 saturated heterocycles. The number of sulfonamides is 1. The molecule has 230 valence electrons. The molecule has 0 saturated carbocycles. The minimum absolute atomic E-state index is 0.00614. The van der Waals surface area contributed by atoms with Gasteiger partial charge in [-0.05, 0) is 59.5 Å². The summed E-state index contributed by atoms with van der Waals surface area (Å²) in [5.41, 5.74) is 1.59. The normalized spacial score (nSPS) is 12.0. The smallest absolute Gasteiger partial charge is 0.264 e. The minimum Gasteiger partial charge on any atom is -0.354 e. The van der Waals surface area contributed by atoms with E-state index < -0.39 is 34.3 Å². The predicted molar refractivity (Wildman–Crippen MR) is 171 cm³/mol. The molecule has 4 aromatic rings. The Morgan fingerprint density at radius 3 is 2.09 bits per heavy atom. The number of hydrogen-bond acceptors (Lipinski definition) is 4. The van der Waals surface area contributed by atoms with Crippen LogP contribution in [0.25, 0.3) is 0 Å². The van der Waals surface area contributed by atoms with Crippen LogP contribution in [0, 0.1) is 11.7 Å². The van der Waals surface area contributed by atoms with Crippen LogP contribution in [0.2, 0.25) is 5.02 Å². The van der Waals surface area contributed by atoms with Crippen molar-refractivity contribution in [3.8, 4) is 0 Å². The van der Waals surface area contributed by atoms with Crippen LogP contribution < -0.4 is 9.62 Å². The van der Waals surface area contributed by atoms with Crippen molar-refractivity contribution < 1.29 is 22.4 Å². The highest BCUT2D eigenvalue weighted by Gasteiger charge is 2.34. The first-order chi connectivity index (χ1) is 21.0. The van der Waals surface area contributed by atoms with Crippen LogP contribution in [-0.4, -0.2) is 44.3 Å². The van der Waals surface area contributed by atoms with Crippen molar-refractivity contribution in [3.05, 3.63) is 131 Å². The maximum Gasteiger partial charge on any atom is 0.264 e. The van der Waals surface area contributed by atoms with Gasteiger partial charge in [-0.25, -0.2) is 12.8 Å². The molecule has 0 fully saturated rings. The van der Waals surface area contributed by atoms with Gasteiger partial charge in [0.2, 0.25) is 11.8 Å². The zero-order valence-corrected chi connectivity index (χ0v) is 26.1. The number of nitrogens with zero attached hydrogens (tertiary/aromatic N) is 2. The van der Waals surface area contributed by atoms with E-state index in [1.165, 1.54) is 47.4 Å². The Bertz CT molecular complexity index is 1650. The van der Waals surface area contributed by atoms with E-state index in [2.05, 4.69) is 5.32 Å². The van der Waals surface area contributed by atoms with E-state index in [0.29, 0.717) is 17.1 Å². The summed E-state index contributed by atoms with van der Waals surface area (Å²) in [6.07, 6.45) is 0.181. The van der Waals surface area contributed by atoms with Crippen molar-refractivity contribution in [2.45, 2.75) is 37.8 Å². The summed E-state index contributed by atoms with van der Waals surface area (Å²) in [7, 11) is -4.23. The van der Waals surface area contributed by atoms with Crippen molar-refractivity contribution in [1.82, 2.24) is 10.2 Å². The van der Waals surface area contributed by atoms with Gasteiger partial charge in [-0.15, -0.1) is 0 Å². The molecule has 4 rings (SSSR count). The molecule has 4 aromatic carbocycles. The summed E-state index contributed by atoms with van der Waals surface area (Å²) >= 11 is 6.25. The van der Waals surface area contributed by atoms with Gasteiger partial charge in [-0.2, -0.15) is 0 Å². The Labute approximate surface area is 263 Å². The molecule has 2 amide bonds. The first kappa shape index (κ1) is 32.7. The van der Waals surface area contributed by atoms with Crippen molar-refractivity contribution >= 4 is 39.1 Å². The molecule has 0 aliphatic carbocycles. The lowest BCUT2D eigenvalue weighted by Gasteiger charge is -2.34. The molecule has 7 nitrogen and oxygen atoms in total. The zero-order chi connectivity index (χ0) is 31.7. The topological polar surface area (TPSA) is 86.8 Å². The summed E-state index contributed by atoms with van der Waals surface area (Å²) in [5.74, 6) is -1.28. The Hall–Kier alpha value is -4.21. The number of halogens is 2. The van der Waals surface area contributed by atoms with Gasteiger partial charge in [0.25, 0.3) is 10.0 Å². The number of nitrogens with one attached hydrogen (secondary N) is 1. The van der Waals surface area contributed by atoms with Gasteiger partial charge in [-0.3, -0.25) is 13.9 Å².